The van der Waals surface area contributed by atoms with Gasteiger partial charge in [0.15, 0.2) is 0 Å². The summed E-state index contributed by atoms with van der Waals surface area (Å²) in [6.07, 6.45) is 10.5. The van der Waals surface area contributed by atoms with Gasteiger partial charge in [0.1, 0.15) is 10.6 Å². The molecule has 1 aromatic rings. The molecule has 4 fully saturated rings. The van der Waals surface area contributed by atoms with Crippen LogP contribution in [0.15, 0.2) is 29.2 Å². The second-order valence-electron chi connectivity index (χ2n) is 8.64. The first-order chi connectivity index (χ1) is 13.3. The van der Waals surface area contributed by atoms with E-state index in [4.69, 9.17) is 4.74 Å². The lowest BCUT2D eigenvalue weighted by Gasteiger charge is -2.56. The number of sulfonamides is 1. The van der Waals surface area contributed by atoms with Crippen molar-refractivity contribution >= 4 is 22.0 Å². The predicted molar refractivity (Wildman–Crippen MR) is 107 cm³/mol. The van der Waals surface area contributed by atoms with Crippen molar-refractivity contribution < 1.29 is 17.9 Å². The largest absolute Gasteiger partial charge is 0.495 e. The molecule has 7 heteroatoms. The third kappa shape index (κ3) is 3.70. The van der Waals surface area contributed by atoms with Gasteiger partial charge in [-0.1, -0.05) is 6.07 Å². The first kappa shape index (κ1) is 19.5. The Balaban J connectivity index is 1.49. The minimum atomic E-state index is -3.65. The third-order valence-electron chi connectivity index (χ3n) is 6.60. The van der Waals surface area contributed by atoms with E-state index < -0.39 is 10.0 Å². The molecule has 4 aliphatic carbocycles. The number of nitrogens with one attached hydrogen (secondary N) is 2. The van der Waals surface area contributed by atoms with Gasteiger partial charge in [0, 0.05) is 11.6 Å². The molecule has 4 saturated carbocycles. The highest BCUT2D eigenvalue weighted by Gasteiger charge is 2.51. The molecule has 0 saturated heterocycles. The Morgan fingerprint density at radius 2 is 1.75 bits per heavy atom. The summed E-state index contributed by atoms with van der Waals surface area (Å²) in [5.74, 6) is 2.48. The topological polar surface area (TPSA) is 84.5 Å². The standard InChI is InChI=1S/C21H28N2O4S/c1-22-28(25,26)19-10-14(3-5-18(19)27-2)4-6-20(24)23-21-11-15-7-16(12-21)9-17(8-15)13-21/h3-6,10,15-17,22H,7-9,11-13H2,1-2H3,(H,23,24)/b6-4+. The molecule has 4 aliphatic rings. The third-order valence-corrected chi connectivity index (χ3v) is 8.04. The van der Waals surface area contributed by atoms with Gasteiger partial charge in [0.2, 0.25) is 15.9 Å². The molecule has 1 amide bonds. The van der Waals surface area contributed by atoms with Crippen LogP contribution in [0.1, 0.15) is 44.1 Å². The van der Waals surface area contributed by atoms with E-state index in [-0.39, 0.29) is 22.1 Å². The molecule has 0 heterocycles. The van der Waals surface area contributed by atoms with Crippen molar-refractivity contribution in [2.24, 2.45) is 17.8 Å². The normalized spacial score (nSPS) is 31.3. The fourth-order valence-corrected chi connectivity index (χ4v) is 6.78. The van der Waals surface area contributed by atoms with E-state index in [1.165, 1.54) is 45.6 Å². The van der Waals surface area contributed by atoms with Crippen molar-refractivity contribution in [1.82, 2.24) is 10.0 Å². The fraction of sp³-hybridized carbons (Fsp3) is 0.571. The molecule has 28 heavy (non-hydrogen) atoms. The minimum Gasteiger partial charge on any atom is -0.495 e. The Morgan fingerprint density at radius 3 is 2.29 bits per heavy atom. The monoisotopic (exact) mass is 404 g/mol. The zero-order valence-electron chi connectivity index (χ0n) is 16.4. The lowest BCUT2D eigenvalue weighted by Crippen LogP contribution is -2.59. The van der Waals surface area contributed by atoms with E-state index in [2.05, 4.69) is 10.0 Å². The lowest BCUT2D eigenvalue weighted by atomic mass is 9.53. The first-order valence-electron chi connectivity index (χ1n) is 9.94. The van der Waals surface area contributed by atoms with Crippen LogP contribution in [0, 0.1) is 17.8 Å². The molecular weight excluding hydrogens is 376 g/mol. The van der Waals surface area contributed by atoms with Gasteiger partial charge in [0.05, 0.1) is 7.11 Å². The number of hydrogen-bond donors (Lipinski definition) is 2. The van der Waals surface area contributed by atoms with E-state index in [1.54, 1.807) is 18.2 Å². The Labute approximate surface area is 166 Å². The van der Waals surface area contributed by atoms with Crippen molar-refractivity contribution in [3.63, 3.8) is 0 Å². The number of ether oxygens (including phenoxy) is 1. The number of methoxy groups -OCH3 is 1. The average Bonchev–Trinajstić information content (AvgIpc) is 2.64. The Hall–Kier alpha value is -1.86. The maximum atomic E-state index is 12.6. The second-order valence-corrected chi connectivity index (χ2v) is 10.5. The summed E-state index contributed by atoms with van der Waals surface area (Å²) in [5.41, 5.74) is 0.603. The van der Waals surface area contributed by atoms with Crippen molar-refractivity contribution in [2.45, 2.75) is 49.0 Å². The van der Waals surface area contributed by atoms with Crippen LogP contribution in [-0.2, 0) is 14.8 Å². The van der Waals surface area contributed by atoms with Gasteiger partial charge in [-0.25, -0.2) is 13.1 Å². The van der Waals surface area contributed by atoms with Crippen molar-refractivity contribution in [3.8, 4) is 5.75 Å². The molecule has 0 unspecified atom stereocenters. The summed E-state index contributed by atoms with van der Waals surface area (Å²) in [5, 5.41) is 3.29. The van der Waals surface area contributed by atoms with Gasteiger partial charge in [0.25, 0.3) is 0 Å². The summed E-state index contributed by atoms with van der Waals surface area (Å²) in [6, 6.07) is 4.85. The maximum absolute atomic E-state index is 12.6. The van der Waals surface area contributed by atoms with Crippen molar-refractivity contribution in [3.05, 3.63) is 29.8 Å². The Morgan fingerprint density at radius 1 is 1.14 bits per heavy atom. The van der Waals surface area contributed by atoms with E-state index in [1.807, 2.05) is 0 Å². The highest BCUT2D eigenvalue weighted by atomic mass is 32.2. The highest BCUT2D eigenvalue weighted by molar-refractivity contribution is 7.89. The Kier molecular flexibility index (Phi) is 5.00. The van der Waals surface area contributed by atoms with E-state index >= 15 is 0 Å². The SMILES string of the molecule is CNS(=O)(=O)c1cc(/C=C/C(=O)NC23CC4CC(CC(C4)C2)C3)ccc1OC. The van der Waals surface area contributed by atoms with E-state index in [0.29, 0.717) is 5.56 Å². The number of rotatable bonds is 6. The molecule has 5 rings (SSSR count). The van der Waals surface area contributed by atoms with E-state index in [9.17, 15) is 13.2 Å². The van der Waals surface area contributed by atoms with Gasteiger partial charge in [-0.15, -0.1) is 0 Å². The van der Waals surface area contributed by atoms with Crippen molar-refractivity contribution in [1.29, 1.82) is 0 Å². The van der Waals surface area contributed by atoms with Gasteiger partial charge < -0.3 is 10.1 Å². The molecule has 0 atom stereocenters. The van der Waals surface area contributed by atoms with Gasteiger partial charge in [-0.3, -0.25) is 4.79 Å². The van der Waals surface area contributed by atoms with Crippen molar-refractivity contribution in [2.75, 3.05) is 14.2 Å². The highest BCUT2D eigenvalue weighted by Crippen LogP contribution is 2.55. The first-order valence-corrected chi connectivity index (χ1v) is 11.4. The average molecular weight is 405 g/mol. The number of carbonyl (C=O) groups is 1. The van der Waals surface area contributed by atoms with Crippen LogP contribution in [0.5, 0.6) is 5.75 Å². The molecular formula is C21H28N2O4S. The quantitative estimate of drug-likeness (QED) is 0.714. The van der Waals surface area contributed by atoms with Crippen LogP contribution in [-0.4, -0.2) is 34.0 Å². The lowest BCUT2D eigenvalue weighted by molar-refractivity contribution is -0.122. The van der Waals surface area contributed by atoms with Crippen LogP contribution < -0.4 is 14.8 Å². The van der Waals surface area contributed by atoms with Crippen LogP contribution in [0.3, 0.4) is 0 Å². The summed E-state index contributed by atoms with van der Waals surface area (Å²) >= 11 is 0. The molecule has 4 bridgehead atoms. The molecule has 1 aromatic carbocycles. The smallest absolute Gasteiger partial charge is 0.244 e. The summed E-state index contributed by atoms with van der Waals surface area (Å²) < 4.78 is 31.8. The predicted octanol–water partition coefficient (Wildman–Crippen LogP) is 2.70. The van der Waals surface area contributed by atoms with Gasteiger partial charge >= 0.3 is 0 Å². The molecule has 152 valence electrons. The number of carbonyl (C=O) groups excluding carboxylic acids is 1. The zero-order valence-corrected chi connectivity index (χ0v) is 17.2. The second kappa shape index (κ2) is 7.19. The molecule has 0 aromatic heterocycles. The van der Waals surface area contributed by atoms with E-state index in [0.717, 1.165) is 37.0 Å². The molecule has 2 N–H and O–H groups in total. The van der Waals surface area contributed by atoms with Crippen LogP contribution in [0.25, 0.3) is 6.08 Å². The van der Waals surface area contributed by atoms with Crippen LogP contribution in [0.2, 0.25) is 0 Å². The summed E-state index contributed by atoms with van der Waals surface area (Å²) in [4.78, 5) is 12.7. The fourth-order valence-electron chi connectivity index (χ4n) is 5.86. The number of hydrogen-bond acceptors (Lipinski definition) is 4. The number of benzene rings is 1. The number of amides is 1. The molecule has 0 radical (unpaired) electrons. The summed E-state index contributed by atoms with van der Waals surface area (Å²) in [6.45, 7) is 0. The maximum Gasteiger partial charge on any atom is 0.244 e. The molecule has 6 nitrogen and oxygen atoms in total. The van der Waals surface area contributed by atoms with Crippen LogP contribution in [0.4, 0.5) is 0 Å². The van der Waals surface area contributed by atoms with Crippen LogP contribution >= 0.6 is 0 Å². The Bertz CT molecular complexity index is 872. The molecule has 0 aliphatic heterocycles. The van der Waals surface area contributed by atoms with Gasteiger partial charge in [-0.2, -0.15) is 0 Å². The van der Waals surface area contributed by atoms with Gasteiger partial charge in [-0.05, 0) is 87.1 Å². The zero-order chi connectivity index (χ0) is 19.9. The summed E-state index contributed by atoms with van der Waals surface area (Å²) in [7, 11) is -0.861. The molecule has 0 spiro atoms. The minimum absolute atomic E-state index is 0.0310.